The number of amides is 1. The predicted molar refractivity (Wildman–Crippen MR) is 73.9 cm³/mol. The van der Waals surface area contributed by atoms with E-state index < -0.39 is 6.10 Å². The molecule has 0 saturated heterocycles. The molecule has 0 spiro atoms. The molecule has 0 bridgehead atoms. The summed E-state index contributed by atoms with van der Waals surface area (Å²) in [6.45, 7) is 2.19. The van der Waals surface area contributed by atoms with Crippen LogP contribution < -0.4 is 0 Å². The first-order chi connectivity index (χ1) is 8.99. The number of carbonyl (C=O) groups is 1. The summed E-state index contributed by atoms with van der Waals surface area (Å²) in [7, 11) is 1.70. The average molecular weight is 327 g/mol. The zero-order valence-corrected chi connectivity index (χ0v) is 12.3. The van der Waals surface area contributed by atoms with E-state index in [2.05, 4.69) is 26.0 Å². The van der Waals surface area contributed by atoms with Crippen molar-refractivity contribution in [3.63, 3.8) is 0 Å². The van der Waals surface area contributed by atoms with E-state index in [4.69, 9.17) is 0 Å². The Morgan fingerprint density at radius 2 is 2.32 bits per heavy atom. The monoisotopic (exact) mass is 326 g/mol. The molecule has 0 aromatic carbocycles. The molecule has 0 fully saturated rings. The van der Waals surface area contributed by atoms with E-state index in [0.717, 1.165) is 4.47 Å². The van der Waals surface area contributed by atoms with Crippen molar-refractivity contribution < 1.29 is 9.90 Å². The minimum atomic E-state index is -0.423. The third-order valence-corrected chi connectivity index (χ3v) is 3.19. The van der Waals surface area contributed by atoms with Gasteiger partial charge >= 0.3 is 0 Å². The van der Waals surface area contributed by atoms with Crippen LogP contribution >= 0.6 is 15.9 Å². The molecule has 1 unspecified atom stereocenters. The quantitative estimate of drug-likeness (QED) is 0.920. The van der Waals surface area contributed by atoms with Gasteiger partial charge in [0.1, 0.15) is 5.56 Å². The number of hydrogen-bond donors (Lipinski definition) is 1. The summed E-state index contributed by atoms with van der Waals surface area (Å²) < 4.78 is 2.35. The first kappa shape index (κ1) is 14.0. The van der Waals surface area contributed by atoms with Crippen LogP contribution in [0.2, 0.25) is 0 Å². The Kier molecular flexibility index (Phi) is 4.16. The largest absolute Gasteiger partial charge is 0.393 e. The van der Waals surface area contributed by atoms with E-state index in [0.29, 0.717) is 24.2 Å². The second-order valence-corrected chi connectivity index (χ2v) is 5.38. The van der Waals surface area contributed by atoms with E-state index in [1.54, 1.807) is 35.8 Å². The third kappa shape index (κ3) is 3.10. The Hall–Kier alpha value is -1.47. The van der Waals surface area contributed by atoms with Crippen LogP contribution in [0.1, 0.15) is 23.7 Å². The minimum absolute atomic E-state index is 0.148. The molecule has 2 aromatic heterocycles. The lowest BCUT2D eigenvalue weighted by molar-refractivity contribution is 0.0770. The molecule has 0 radical (unpaired) electrons. The van der Waals surface area contributed by atoms with Gasteiger partial charge in [-0.05, 0) is 29.3 Å². The van der Waals surface area contributed by atoms with Crippen LogP contribution in [0, 0.1) is 0 Å². The number of nitrogens with zero attached hydrogens (tertiary/aromatic N) is 4. The van der Waals surface area contributed by atoms with Crippen LogP contribution in [-0.2, 0) is 0 Å². The van der Waals surface area contributed by atoms with Crippen LogP contribution in [0.4, 0.5) is 0 Å². The molecule has 0 aliphatic carbocycles. The Labute approximate surface area is 119 Å². The normalized spacial score (nSPS) is 12.6. The average Bonchev–Trinajstić information content (AvgIpc) is 2.77. The van der Waals surface area contributed by atoms with Crippen molar-refractivity contribution in [1.29, 1.82) is 0 Å². The molecular weight excluding hydrogens is 312 g/mol. The number of rotatable bonds is 4. The third-order valence-electron chi connectivity index (χ3n) is 2.78. The fourth-order valence-corrected chi connectivity index (χ4v) is 1.99. The first-order valence-electron chi connectivity index (χ1n) is 5.91. The SMILES string of the molecule is CC(O)CCN(C)C(=O)c1cnn2cc(Br)cnc12. The van der Waals surface area contributed by atoms with Crippen molar-refractivity contribution >= 4 is 27.5 Å². The fourth-order valence-electron chi connectivity index (χ4n) is 1.69. The van der Waals surface area contributed by atoms with Gasteiger partial charge in [0.2, 0.25) is 0 Å². The highest BCUT2D eigenvalue weighted by molar-refractivity contribution is 9.10. The molecule has 2 aromatic rings. The van der Waals surface area contributed by atoms with Crippen LogP contribution in [0.25, 0.3) is 5.65 Å². The number of aliphatic hydroxyl groups is 1. The Morgan fingerprint density at radius 3 is 3.00 bits per heavy atom. The highest BCUT2D eigenvalue weighted by Crippen LogP contribution is 2.14. The summed E-state index contributed by atoms with van der Waals surface area (Å²) in [4.78, 5) is 18.0. The number of halogens is 1. The van der Waals surface area contributed by atoms with Gasteiger partial charge in [0.15, 0.2) is 5.65 Å². The summed E-state index contributed by atoms with van der Waals surface area (Å²) in [5.41, 5.74) is 0.984. The molecule has 1 atom stereocenters. The Bertz CT molecular complexity index is 596. The van der Waals surface area contributed by atoms with Gasteiger partial charge in [0.05, 0.1) is 16.8 Å². The van der Waals surface area contributed by atoms with E-state index >= 15 is 0 Å². The van der Waals surface area contributed by atoms with Gasteiger partial charge in [-0.25, -0.2) is 9.50 Å². The number of aromatic nitrogens is 3. The van der Waals surface area contributed by atoms with Gasteiger partial charge in [0, 0.05) is 26.0 Å². The molecule has 2 heterocycles. The highest BCUT2D eigenvalue weighted by atomic mass is 79.9. The lowest BCUT2D eigenvalue weighted by Crippen LogP contribution is -2.29. The fraction of sp³-hybridized carbons (Fsp3) is 0.417. The molecule has 1 N–H and O–H groups in total. The molecular formula is C12H15BrN4O2. The van der Waals surface area contributed by atoms with Crippen molar-refractivity contribution in [3.8, 4) is 0 Å². The van der Waals surface area contributed by atoms with Crippen LogP contribution in [-0.4, -0.2) is 50.2 Å². The number of hydrogen-bond acceptors (Lipinski definition) is 4. The highest BCUT2D eigenvalue weighted by Gasteiger charge is 2.18. The maximum absolute atomic E-state index is 12.3. The van der Waals surface area contributed by atoms with E-state index in [1.165, 1.54) is 6.20 Å². The zero-order chi connectivity index (χ0) is 14.0. The summed E-state index contributed by atoms with van der Waals surface area (Å²) in [6, 6.07) is 0. The second kappa shape index (κ2) is 5.66. The maximum atomic E-state index is 12.3. The molecule has 6 nitrogen and oxygen atoms in total. The molecule has 0 aliphatic heterocycles. The molecule has 102 valence electrons. The van der Waals surface area contributed by atoms with Gasteiger partial charge in [0.25, 0.3) is 5.91 Å². The van der Waals surface area contributed by atoms with Crippen LogP contribution in [0.15, 0.2) is 23.1 Å². The summed E-state index contributed by atoms with van der Waals surface area (Å²) in [5, 5.41) is 13.3. The topological polar surface area (TPSA) is 70.7 Å². The van der Waals surface area contributed by atoms with Crippen molar-refractivity contribution in [2.24, 2.45) is 0 Å². The Balaban J connectivity index is 2.21. The molecule has 7 heteroatoms. The van der Waals surface area contributed by atoms with Crippen molar-refractivity contribution in [3.05, 3.63) is 28.6 Å². The van der Waals surface area contributed by atoms with Gasteiger partial charge in [-0.3, -0.25) is 4.79 Å². The predicted octanol–water partition coefficient (Wildman–Crippen LogP) is 1.33. The lowest BCUT2D eigenvalue weighted by atomic mass is 10.2. The van der Waals surface area contributed by atoms with Gasteiger partial charge in [-0.15, -0.1) is 0 Å². The maximum Gasteiger partial charge on any atom is 0.259 e. The number of aliphatic hydroxyl groups excluding tert-OH is 1. The second-order valence-electron chi connectivity index (χ2n) is 4.46. The molecule has 2 rings (SSSR count). The van der Waals surface area contributed by atoms with Crippen LogP contribution in [0.5, 0.6) is 0 Å². The first-order valence-corrected chi connectivity index (χ1v) is 6.70. The molecule has 1 amide bonds. The number of carbonyl (C=O) groups excluding carboxylic acids is 1. The minimum Gasteiger partial charge on any atom is -0.393 e. The number of fused-ring (bicyclic) bond motifs is 1. The van der Waals surface area contributed by atoms with Crippen molar-refractivity contribution in [2.45, 2.75) is 19.4 Å². The van der Waals surface area contributed by atoms with Crippen molar-refractivity contribution in [1.82, 2.24) is 19.5 Å². The standard InChI is InChI=1S/C12H15BrN4O2/c1-8(18)3-4-16(2)12(19)10-6-15-17-7-9(13)5-14-11(10)17/h5-8,18H,3-4H2,1-2H3. The Morgan fingerprint density at radius 1 is 1.58 bits per heavy atom. The summed E-state index contributed by atoms with van der Waals surface area (Å²) >= 11 is 3.30. The van der Waals surface area contributed by atoms with E-state index in [-0.39, 0.29) is 5.91 Å². The van der Waals surface area contributed by atoms with Crippen LogP contribution in [0.3, 0.4) is 0 Å². The lowest BCUT2D eigenvalue weighted by Gasteiger charge is -2.17. The summed E-state index contributed by atoms with van der Waals surface area (Å²) in [6.07, 6.45) is 5.00. The van der Waals surface area contributed by atoms with E-state index in [9.17, 15) is 9.90 Å². The van der Waals surface area contributed by atoms with E-state index in [1.807, 2.05) is 0 Å². The molecule has 19 heavy (non-hydrogen) atoms. The van der Waals surface area contributed by atoms with Gasteiger partial charge in [-0.1, -0.05) is 0 Å². The summed E-state index contributed by atoms with van der Waals surface area (Å²) in [5.74, 6) is -0.148. The van der Waals surface area contributed by atoms with Gasteiger partial charge in [-0.2, -0.15) is 5.10 Å². The van der Waals surface area contributed by atoms with Crippen molar-refractivity contribution in [2.75, 3.05) is 13.6 Å². The smallest absolute Gasteiger partial charge is 0.259 e. The zero-order valence-electron chi connectivity index (χ0n) is 10.7. The molecule has 0 saturated carbocycles. The van der Waals surface area contributed by atoms with Gasteiger partial charge < -0.3 is 10.0 Å². The molecule has 0 aliphatic rings.